The molecule has 2 rings (SSSR count). The summed E-state index contributed by atoms with van der Waals surface area (Å²) in [5.74, 6) is 0. The molecule has 5 heteroatoms. The second-order valence-corrected chi connectivity index (χ2v) is 5.19. The predicted molar refractivity (Wildman–Crippen MR) is 74.7 cm³/mol. The van der Waals surface area contributed by atoms with E-state index in [-0.39, 0.29) is 6.10 Å². The van der Waals surface area contributed by atoms with Crippen molar-refractivity contribution in [3.8, 4) is 6.07 Å². The minimum absolute atomic E-state index is 0.175. The molecule has 1 aromatic carbocycles. The third kappa shape index (κ3) is 3.02. The van der Waals surface area contributed by atoms with Gasteiger partial charge in [-0.05, 0) is 25.2 Å². The monoisotopic (exact) mass is 309 g/mol. The molecule has 1 N–H and O–H groups in total. The van der Waals surface area contributed by atoms with Crippen LogP contribution in [0.2, 0.25) is 0 Å². The second kappa shape index (κ2) is 6.19. The molecule has 96 valence electrons. The van der Waals surface area contributed by atoms with E-state index in [1.807, 2.05) is 25.2 Å². The molecule has 0 amide bonds. The lowest BCUT2D eigenvalue weighted by Crippen LogP contribution is -2.46. The van der Waals surface area contributed by atoms with Gasteiger partial charge in [-0.3, -0.25) is 0 Å². The Morgan fingerprint density at radius 1 is 1.61 bits per heavy atom. The lowest BCUT2D eigenvalue weighted by molar-refractivity contribution is 0.0421. The maximum Gasteiger partial charge on any atom is 0.101 e. The third-order valence-corrected chi connectivity index (χ3v) is 3.48. The summed E-state index contributed by atoms with van der Waals surface area (Å²) >= 11 is 3.46. The molecule has 1 heterocycles. The van der Waals surface area contributed by atoms with Gasteiger partial charge in [-0.1, -0.05) is 15.9 Å². The molecular weight excluding hydrogens is 294 g/mol. The van der Waals surface area contributed by atoms with Crippen molar-refractivity contribution in [3.05, 3.63) is 28.2 Å². The van der Waals surface area contributed by atoms with Crippen LogP contribution in [-0.4, -0.2) is 39.4 Å². The SMILES string of the molecule is CNCC1CN(c2cc(Br)ccc2C#N)CCO1. The summed E-state index contributed by atoms with van der Waals surface area (Å²) in [6.45, 7) is 3.16. The Labute approximate surface area is 116 Å². The Balaban J connectivity index is 2.20. The molecule has 4 nitrogen and oxygen atoms in total. The van der Waals surface area contributed by atoms with Crippen molar-refractivity contribution in [2.24, 2.45) is 0 Å². The van der Waals surface area contributed by atoms with Gasteiger partial charge in [-0.2, -0.15) is 5.26 Å². The number of benzene rings is 1. The fourth-order valence-electron chi connectivity index (χ4n) is 2.15. The topological polar surface area (TPSA) is 48.3 Å². The first-order chi connectivity index (χ1) is 8.74. The number of rotatable bonds is 3. The van der Waals surface area contributed by atoms with Crippen LogP contribution in [0.15, 0.2) is 22.7 Å². The number of nitrogens with one attached hydrogen (secondary N) is 1. The Bertz CT molecular complexity index is 456. The molecule has 1 atom stereocenters. The van der Waals surface area contributed by atoms with Gasteiger partial charge in [0.25, 0.3) is 0 Å². The van der Waals surface area contributed by atoms with E-state index in [0.29, 0.717) is 12.2 Å². The molecule has 0 spiro atoms. The van der Waals surface area contributed by atoms with Crippen LogP contribution in [0.5, 0.6) is 0 Å². The zero-order valence-electron chi connectivity index (χ0n) is 10.3. The highest BCUT2D eigenvalue weighted by Crippen LogP contribution is 2.26. The molecule has 0 aromatic heterocycles. The zero-order valence-corrected chi connectivity index (χ0v) is 11.9. The number of anilines is 1. The van der Waals surface area contributed by atoms with Crippen molar-refractivity contribution in [1.29, 1.82) is 5.26 Å². The highest BCUT2D eigenvalue weighted by molar-refractivity contribution is 9.10. The van der Waals surface area contributed by atoms with Gasteiger partial charge in [0.15, 0.2) is 0 Å². The molecule has 0 bridgehead atoms. The number of hydrogen-bond donors (Lipinski definition) is 1. The molecule has 0 aliphatic carbocycles. The maximum atomic E-state index is 9.17. The first kappa shape index (κ1) is 13.3. The molecule has 1 fully saturated rings. The average Bonchev–Trinajstić information content (AvgIpc) is 2.39. The summed E-state index contributed by atoms with van der Waals surface area (Å²) in [5, 5.41) is 12.3. The number of morpholine rings is 1. The summed E-state index contributed by atoms with van der Waals surface area (Å²) in [6.07, 6.45) is 0.175. The first-order valence-electron chi connectivity index (χ1n) is 5.95. The fourth-order valence-corrected chi connectivity index (χ4v) is 2.50. The predicted octanol–water partition coefficient (Wildman–Crippen LogP) is 1.75. The van der Waals surface area contributed by atoms with Crippen LogP contribution < -0.4 is 10.2 Å². The largest absolute Gasteiger partial charge is 0.373 e. The fraction of sp³-hybridized carbons (Fsp3) is 0.462. The van der Waals surface area contributed by atoms with E-state index in [0.717, 1.165) is 29.8 Å². The molecule has 0 saturated carbocycles. The first-order valence-corrected chi connectivity index (χ1v) is 6.74. The lowest BCUT2D eigenvalue weighted by Gasteiger charge is -2.35. The molecule has 0 radical (unpaired) electrons. The standard InChI is InChI=1S/C13H16BrN3O/c1-16-8-12-9-17(4-5-18-12)13-6-11(14)3-2-10(13)7-15/h2-3,6,12,16H,4-5,8-9H2,1H3. The number of nitrogens with zero attached hydrogens (tertiary/aromatic N) is 2. The summed E-state index contributed by atoms with van der Waals surface area (Å²) in [5.41, 5.74) is 1.69. The minimum atomic E-state index is 0.175. The van der Waals surface area contributed by atoms with E-state index in [2.05, 4.69) is 32.2 Å². The Hall–Kier alpha value is -1.09. The van der Waals surface area contributed by atoms with Crippen LogP contribution in [0.25, 0.3) is 0 Å². The molecular formula is C13H16BrN3O. The highest BCUT2D eigenvalue weighted by Gasteiger charge is 2.22. The van der Waals surface area contributed by atoms with Gasteiger partial charge < -0.3 is 15.0 Å². The maximum absolute atomic E-state index is 9.17. The lowest BCUT2D eigenvalue weighted by atomic mass is 10.1. The van der Waals surface area contributed by atoms with Gasteiger partial charge in [0, 0.05) is 24.1 Å². The van der Waals surface area contributed by atoms with Crippen molar-refractivity contribution in [1.82, 2.24) is 5.32 Å². The van der Waals surface area contributed by atoms with E-state index >= 15 is 0 Å². The smallest absolute Gasteiger partial charge is 0.101 e. The van der Waals surface area contributed by atoms with Crippen LogP contribution in [-0.2, 0) is 4.74 Å². The van der Waals surface area contributed by atoms with Crippen molar-refractivity contribution in [2.45, 2.75) is 6.10 Å². The summed E-state index contributed by atoms with van der Waals surface area (Å²) in [4.78, 5) is 2.22. The van der Waals surface area contributed by atoms with Gasteiger partial charge >= 0.3 is 0 Å². The quantitative estimate of drug-likeness (QED) is 0.924. The molecule has 1 aliphatic rings. The van der Waals surface area contributed by atoms with Gasteiger partial charge in [-0.15, -0.1) is 0 Å². The highest BCUT2D eigenvalue weighted by atomic mass is 79.9. The number of hydrogen-bond acceptors (Lipinski definition) is 4. The van der Waals surface area contributed by atoms with E-state index in [4.69, 9.17) is 4.74 Å². The van der Waals surface area contributed by atoms with Crippen LogP contribution in [0, 0.1) is 11.3 Å². The molecule has 1 aliphatic heterocycles. The zero-order chi connectivity index (χ0) is 13.0. The number of ether oxygens (including phenoxy) is 1. The van der Waals surface area contributed by atoms with Crippen molar-refractivity contribution in [2.75, 3.05) is 38.2 Å². The van der Waals surface area contributed by atoms with Crippen molar-refractivity contribution >= 4 is 21.6 Å². The molecule has 1 aromatic rings. The minimum Gasteiger partial charge on any atom is -0.373 e. The van der Waals surface area contributed by atoms with Gasteiger partial charge in [0.2, 0.25) is 0 Å². The molecule has 1 unspecified atom stereocenters. The van der Waals surface area contributed by atoms with E-state index < -0.39 is 0 Å². The van der Waals surface area contributed by atoms with E-state index in [9.17, 15) is 5.26 Å². The number of halogens is 1. The average molecular weight is 310 g/mol. The van der Waals surface area contributed by atoms with Crippen LogP contribution in [0.1, 0.15) is 5.56 Å². The summed E-state index contributed by atoms with van der Waals surface area (Å²) < 4.78 is 6.67. The summed E-state index contributed by atoms with van der Waals surface area (Å²) in [7, 11) is 1.92. The summed E-state index contributed by atoms with van der Waals surface area (Å²) in [6, 6.07) is 7.99. The van der Waals surface area contributed by atoms with Gasteiger partial charge in [-0.25, -0.2) is 0 Å². The van der Waals surface area contributed by atoms with Crippen LogP contribution >= 0.6 is 15.9 Å². The van der Waals surface area contributed by atoms with Crippen molar-refractivity contribution < 1.29 is 4.74 Å². The van der Waals surface area contributed by atoms with Gasteiger partial charge in [0.1, 0.15) is 6.07 Å². The second-order valence-electron chi connectivity index (χ2n) is 4.27. The molecule has 1 saturated heterocycles. The Morgan fingerprint density at radius 2 is 2.44 bits per heavy atom. The van der Waals surface area contributed by atoms with Crippen molar-refractivity contribution in [3.63, 3.8) is 0 Å². The van der Waals surface area contributed by atoms with E-state index in [1.165, 1.54) is 0 Å². The Morgan fingerprint density at radius 3 is 3.17 bits per heavy atom. The molecule has 18 heavy (non-hydrogen) atoms. The Kier molecular flexibility index (Phi) is 4.59. The third-order valence-electron chi connectivity index (χ3n) is 2.99. The van der Waals surface area contributed by atoms with E-state index in [1.54, 1.807) is 0 Å². The van der Waals surface area contributed by atoms with Crippen LogP contribution in [0.4, 0.5) is 5.69 Å². The number of likely N-dealkylation sites (N-methyl/N-ethyl adjacent to an activating group) is 1. The normalized spacial score (nSPS) is 19.6. The number of nitriles is 1. The van der Waals surface area contributed by atoms with Gasteiger partial charge in [0.05, 0.1) is 24.0 Å². The van der Waals surface area contributed by atoms with Crippen LogP contribution in [0.3, 0.4) is 0 Å².